The van der Waals surface area contributed by atoms with Crippen LogP contribution in [-0.2, 0) is 4.74 Å². The third-order valence-corrected chi connectivity index (χ3v) is 4.73. The van der Waals surface area contributed by atoms with Crippen LogP contribution in [0, 0.1) is 13.8 Å². The van der Waals surface area contributed by atoms with E-state index in [1.807, 2.05) is 13.8 Å². The molecule has 0 atom stereocenters. The molecule has 1 amide bonds. The Bertz CT molecular complexity index is 752. The first-order valence-electron chi connectivity index (χ1n) is 7.18. The van der Waals surface area contributed by atoms with Gasteiger partial charge in [0.1, 0.15) is 5.00 Å². The number of anilines is 1. The van der Waals surface area contributed by atoms with Gasteiger partial charge in [-0.3, -0.25) is 4.79 Å². The minimum Gasteiger partial charge on any atom is -0.459 e. The van der Waals surface area contributed by atoms with Gasteiger partial charge in [-0.2, -0.15) is 0 Å². The van der Waals surface area contributed by atoms with Gasteiger partial charge in [-0.25, -0.2) is 4.79 Å². The summed E-state index contributed by atoms with van der Waals surface area (Å²) < 4.78 is 5.27. The van der Waals surface area contributed by atoms with E-state index in [0.29, 0.717) is 21.2 Å². The molecule has 0 unspecified atom stereocenters. The number of hydrogen-bond donors (Lipinski definition) is 1. The molecule has 0 bridgehead atoms. The van der Waals surface area contributed by atoms with E-state index in [2.05, 4.69) is 5.32 Å². The lowest BCUT2D eigenvalue weighted by Crippen LogP contribution is -2.17. The lowest BCUT2D eigenvalue weighted by molar-refractivity contribution is 0.0379. The van der Waals surface area contributed by atoms with Gasteiger partial charge in [-0.1, -0.05) is 23.7 Å². The number of benzene rings is 1. The third-order valence-electron chi connectivity index (χ3n) is 3.28. The summed E-state index contributed by atoms with van der Waals surface area (Å²) in [5.41, 5.74) is 1.58. The fourth-order valence-electron chi connectivity index (χ4n) is 2.05. The second kappa shape index (κ2) is 7.15. The quantitative estimate of drug-likeness (QED) is 0.802. The molecular weight excluding hydrogens is 334 g/mol. The number of carbonyl (C=O) groups is 2. The molecule has 122 valence electrons. The summed E-state index contributed by atoms with van der Waals surface area (Å²) in [6, 6.07) is 6.77. The summed E-state index contributed by atoms with van der Waals surface area (Å²) in [6.07, 6.45) is -0.228. The van der Waals surface area contributed by atoms with Gasteiger partial charge in [-0.15, -0.1) is 11.3 Å². The summed E-state index contributed by atoms with van der Waals surface area (Å²) in [4.78, 5) is 25.7. The van der Waals surface area contributed by atoms with Crippen LogP contribution in [0.15, 0.2) is 24.3 Å². The SMILES string of the molecule is Cc1sc(NC(=O)c2ccccc2Cl)c(C(=O)OC(C)C)c1C. The second-order valence-electron chi connectivity index (χ2n) is 5.38. The highest BCUT2D eigenvalue weighted by atomic mass is 35.5. The predicted octanol–water partition coefficient (Wildman–Crippen LogP) is 4.84. The highest BCUT2D eigenvalue weighted by Crippen LogP contribution is 2.34. The molecule has 0 saturated heterocycles. The molecule has 1 aromatic heterocycles. The summed E-state index contributed by atoms with van der Waals surface area (Å²) in [5, 5.41) is 3.62. The first-order chi connectivity index (χ1) is 10.8. The maximum Gasteiger partial charge on any atom is 0.341 e. The lowest BCUT2D eigenvalue weighted by atomic mass is 10.1. The molecule has 1 heterocycles. The molecule has 0 radical (unpaired) electrons. The zero-order chi connectivity index (χ0) is 17.1. The van der Waals surface area contributed by atoms with E-state index in [1.54, 1.807) is 38.1 Å². The average molecular weight is 352 g/mol. The van der Waals surface area contributed by atoms with E-state index in [9.17, 15) is 9.59 Å². The Morgan fingerprint density at radius 1 is 1.22 bits per heavy atom. The number of aryl methyl sites for hydroxylation is 1. The Morgan fingerprint density at radius 3 is 2.48 bits per heavy atom. The maximum atomic E-state index is 12.4. The number of esters is 1. The minimum atomic E-state index is -0.434. The highest BCUT2D eigenvalue weighted by Gasteiger charge is 2.23. The zero-order valence-electron chi connectivity index (χ0n) is 13.4. The molecule has 6 heteroatoms. The van der Waals surface area contributed by atoms with Crippen LogP contribution >= 0.6 is 22.9 Å². The molecule has 4 nitrogen and oxygen atoms in total. The number of ether oxygens (including phenoxy) is 1. The van der Waals surface area contributed by atoms with Gasteiger partial charge in [0.05, 0.1) is 22.3 Å². The number of halogens is 1. The van der Waals surface area contributed by atoms with E-state index in [4.69, 9.17) is 16.3 Å². The molecule has 1 N–H and O–H groups in total. The lowest BCUT2D eigenvalue weighted by Gasteiger charge is -2.10. The largest absolute Gasteiger partial charge is 0.459 e. The van der Waals surface area contributed by atoms with Crippen molar-refractivity contribution in [2.45, 2.75) is 33.8 Å². The average Bonchev–Trinajstić information content (AvgIpc) is 2.73. The van der Waals surface area contributed by atoms with Crippen LogP contribution in [0.25, 0.3) is 0 Å². The monoisotopic (exact) mass is 351 g/mol. The summed E-state index contributed by atoms with van der Waals surface area (Å²) in [5.74, 6) is -0.785. The molecule has 0 spiro atoms. The van der Waals surface area contributed by atoms with Crippen LogP contribution in [0.5, 0.6) is 0 Å². The molecule has 23 heavy (non-hydrogen) atoms. The van der Waals surface area contributed by atoms with Gasteiger partial charge < -0.3 is 10.1 Å². The molecular formula is C17H18ClNO3S. The number of thiophene rings is 1. The van der Waals surface area contributed by atoms with Crippen molar-refractivity contribution in [2.75, 3.05) is 5.32 Å². The topological polar surface area (TPSA) is 55.4 Å². The van der Waals surface area contributed by atoms with Gasteiger partial charge in [-0.05, 0) is 45.4 Å². The van der Waals surface area contributed by atoms with Crippen LogP contribution in [0.2, 0.25) is 5.02 Å². The zero-order valence-corrected chi connectivity index (χ0v) is 15.0. The number of hydrogen-bond acceptors (Lipinski definition) is 4. The highest BCUT2D eigenvalue weighted by molar-refractivity contribution is 7.16. The summed E-state index contributed by atoms with van der Waals surface area (Å²) in [6.45, 7) is 7.31. The smallest absolute Gasteiger partial charge is 0.341 e. The third kappa shape index (κ3) is 3.92. The fraction of sp³-hybridized carbons (Fsp3) is 0.294. The maximum absolute atomic E-state index is 12.4. The molecule has 1 aromatic carbocycles. The van der Waals surface area contributed by atoms with Crippen molar-refractivity contribution in [1.29, 1.82) is 0 Å². The molecule has 0 aliphatic carbocycles. The van der Waals surface area contributed by atoms with Crippen molar-refractivity contribution in [3.63, 3.8) is 0 Å². The molecule has 0 aliphatic rings. The number of rotatable bonds is 4. The van der Waals surface area contributed by atoms with Crippen LogP contribution in [0.3, 0.4) is 0 Å². The fourth-order valence-corrected chi connectivity index (χ4v) is 3.31. The normalized spacial score (nSPS) is 10.7. The second-order valence-corrected chi connectivity index (χ2v) is 7.01. The first-order valence-corrected chi connectivity index (χ1v) is 8.37. The van der Waals surface area contributed by atoms with Gasteiger partial charge in [0, 0.05) is 4.88 Å². The van der Waals surface area contributed by atoms with E-state index in [-0.39, 0.29) is 12.0 Å². The first kappa shape index (κ1) is 17.5. The van der Waals surface area contributed by atoms with Crippen molar-refractivity contribution in [2.24, 2.45) is 0 Å². The Labute approximate surface area is 144 Å². The molecule has 0 fully saturated rings. The molecule has 2 rings (SSSR count). The van der Waals surface area contributed by atoms with Crippen LogP contribution in [-0.4, -0.2) is 18.0 Å². The molecule has 2 aromatic rings. The molecule has 0 aliphatic heterocycles. The van der Waals surface area contributed by atoms with Gasteiger partial charge in [0.25, 0.3) is 5.91 Å². The Balaban J connectivity index is 2.33. The Kier molecular flexibility index (Phi) is 5.44. The standard InChI is InChI=1S/C17H18ClNO3S/c1-9(2)22-17(21)14-10(3)11(4)23-16(14)19-15(20)12-7-5-6-8-13(12)18/h5-9H,1-4H3,(H,19,20). The van der Waals surface area contributed by atoms with Crippen molar-refractivity contribution in [3.05, 3.63) is 50.9 Å². The van der Waals surface area contributed by atoms with Crippen molar-refractivity contribution in [3.8, 4) is 0 Å². The van der Waals surface area contributed by atoms with Crippen LogP contribution in [0.4, 0.5) is 5.00 Å². The number of carbonyl (C=O) groups excluding carboxylic acids is 2. The van der Waals surface area contributed by atoms with Gasteiger partial charge in [0.15, 0.2) is 0 Å². The minimum absolute atomic E-state index is 0.228. The van der Waals surface area contributed by atoms with E-state index in [0.717, 1.165) is 10.4 Å². The Hall–Kier alpha value is -1.85. The summed E-state index contributed by atoms with van der Waals surface area (Å²) in [7, 11) is 0. The van der Waals surface area contributed by atoms with Crippen molar-refractivity contribution >= 4 is 39.8 Å². The van der Waals surface area contributed by atoms with E-state index >= 15 is 0 Å². The number of amides is 1. The Morgan fingerprint density at radius 2 is 1.87 bits per heavy atom. The van der Waals surface area contributed by atoms with Crippen molar-refractivity contribution < 1.29 is 14.3 Å². The van der Waals surface area contributed by atoms with E-state index in [1.165, 1.54) is 11.3 Å². The van der Waals surface area contributed by atoms with Gasteiger partial charge >= 0.3 is 5.97 Å². The van der Waals surface area contributed by atoms with Crippen molar-refractivity contribution in [1.82, 2.24) is 0 Å². The van der Waals surface area contributed by atoms with Crippen LogP contribution < -0.4 is 5.32 Å². The van der Waals surface area contributed by atoms with Gasteiger partial charge in [0.2, 0.25) is 0 Å². The summed E-state index contributed by atoms with van der Waals surface area (Å²) >= 11 is 7.39. The molecule has 0 saturated carbocycles. The van der Waals surface area contributed by atoms with E-state index < -0.39 is 5.97 Å². The van der Waals surface area contributed by atoms with Crippen LogP contribution in [0.1, 0.15) is 45.0 Å². The number of nitrogens with one attached hydrogen (secondary N) is 1. The predicted molar refractivity (Wildman–Crippen MR) is 93.7 cm³/mol.